The lowest BCUT2D eigenvalue weighted by Gasteiger charge is -2.13. The van der Waals surface area contributed by atoms with Gasteiger partial charge in [-0.25, -0.2) is 0 Å². The number of hydrogen-bond donors (Lipinski definition) is 0. The Labute approximate surface area is 172 Å². The number of nitrogens with zero attached hydrogens (tertiary/aromatic N) is 2. The van der Waals surface area contributed by atoms with E-state index in [1.807, 2.05) is 26.0 Å². The van der Waals surface area contributed by atoms with Crippen LogP contribution in [0.15, 0.2) is 40.2 Å². The second-order valence-electron chi connectivity index (χ2n) is 6.64. The Hall–Kier alpha value is -2.05. The summed E-state index contributed by atoms with van der Waals surface area (Å²) in [6.07, 6.45) is 3.37. The molecule has 27 heavy (non-hydrogen) atoms. The van der Waals surface area contributed by atoms with Gasteiger partial charge in [0.05, 0.1) is 4.91 Å². The van der Waals surface area contributed by atoms with Crippen LogP contribution in [0.5, 0.6) is 0 Å². The molecule has 0 bridgehead atoms. The van der Waals surface area contributed by atoms with E-state index in [0.29, 0.717) is 4.91 Å². The minimum Gasteiger partial charge on any atom is -0.318 e. The highest BCUT2D eigenvalue weighted by molar-refractivity contribution is 9.10. The summed E-state index contributed by atoms with van der Waals surface area (Å²) in [6.45, 7) is 12.1. The van der Waals surface area contributed by atoms with E-state index in [-0.39, 0.29) is 17.7 Å². The molecule has 1 aromatic heterocycles. The summed E-state index contributed by atoms with van der Waals surface area (Å²) in [4.78, 5) is 26.2. The van der Waals surface area contributed by atoms with Gasteiger partial charge < -0.3 is 4.57 Å². The Morgan fingerprint density at radius 2 is 1.74 bits per heavy atom. The van der Waals surface area contributed by atoms with Crippen molar-refractivity contribution in [1.82, 2.24) is 9.47 Å². The topological polar surface area (TPSA) is 42.3 Å². The highest BCUT2D eigenvalue weighted by Crippen LogP contribution is 2.34. The molecule has 2 heterocycles. The first kappa shape index (κ1) is 19.7. The van der Waals surface area contributed by atoms with Gasteiger partial charge in [-0.05, 0) is 80.4 Å². The number of carbonyl (C=O) groups is 2. The molecule has 0 atom stereocenters. The van der Waals surface area contributed by atoms with Gasteiger partial charge in [0.25, 0.3) is 11.1 Å². The van der Waals surface area contributed by atoms with E-state index >= 15 is 0 Å². The van der Waals surface area contributed by atoms with Crippen molar-refractivity contribution in [2.75, 3.05) is 6.54 Å². The van der Waals surface area contributed by atoms with Crippen LogP contribution in [0.1, 0.15) is 28.1 Å². The number of benzene rings is 1. The van der Waals surface area contributed by atoms with Crippen molar-refractivity contribution in [3.8, 4) is 5.69 Å². The number of rotatable bonds is 4. The molecular weight excluding hydrogens is 424 g/mol. The summed E-state index contributed by atoms with van der Waals surface area (Å²) in [5.41, 5.74) is 6.47. The zero-order chi connectivity index (χ0) is 19.9. The summed E-state index contributed by atoms with van der Waals surface area (Å²) in [7, 11) is 0. The van der Waals surface area contributed by atoms with Gasteiger partial charge in [-0.15, -0.1) is 6.58 Å². The van der Waals surface area contributed by atoms with Crippen LogP contribution in [-0.4, -0.2) is 27.2 Å². The summed E-state index contributed by atoms with van der Waals surface area (Å²) in [6, 6.07) is 6.32. The van der Waals surface area contributed by atoms with Crippen LogP contribution in [-0.2, 0) is 4.79 Å². The van der Waals surface area contributed by atoms with Crippen molar-refractivity contribution in [3.63, 3.8) is 0 Å². The summed E-state index contributed by atoms with van der Waals surface area (Å²) < 4.78 is 3.29. The molecule has 2 aromatic rings. The molecule has 0 radical (unpaired) electrons. The lowest BCUT2D eigenvalue weighted by molar-refractivity contribution is -0.122. The van der Waals surface area contributed by atoms with Gasteiger partial charge in [0.2, 0.25) is 0 Å². The van der Waals surface area contributed by atoms with Crippen molar-refractivity contribution >= 4 is 44.9 Å². The number of halogens is 1. The lowest BCUT2D eigenvalue weighted by Crippen LogP contribution is -2.27. The van der Waals surface area contributed by atoms with Gasteiger partial charge in [0, 0.05) is 28.1 Å². The number of imide groups is 1. The molecule has 1 fully saturated rings. The Morgan fingerprint density at radius 3 is 2.33 bits per heavy atom. The fraction of sp³-hybridized carbons (Fsp3) is 0.238. The molecule has 1 saturated heterocycles. The van der Waals surface area contributed by atoms with E-state index < -0.39 is 0 Å². The molecule has 1 aromatic carbocycles. The SMILES string of the molecule is C=CCN1C(=O)S/C(=C\c2cc(C)n(-c3cc(C)c(Br)c(C)c3)c2C)C1=O. The second kappa shape index (κ2) is 7.52. The van der Waals surface area contributed by atoms with E-state index in [1.165, 1.54) is 16.0 Å². The van der Waals surface area contributed by atoms with Crippen molar-refractivity contribution < 1.29 is 9.59 Å². The average Bonchev–Trinajstić information content (AvgIpc) is 3.03. The van der Waals surface area contributed by atoms with Crippen molar-refractivity contribution in [3.05, 3.63) is 68.3 Å². The highest BCUT2D eigenvalue weighted by Gasteiger charge is 2.34. The minimum absolute atomic E-state index is 0.235. The van der Waals surface area contributed by atoms with Gasteiger partial charge in [0.1, 0.15) is 0 Å². The Bertz CT molecular complexity index is 981. The van der Waals surface area contributed by atoms with Crippen molar-refractivity contribution in [1.29, 1.82) is 0 Å². The molecule has 140 valence electrons. The number of amides is 2. The van der Waals surface area contributed by atoms with Gasteiger partial charge in [-0.1, -0.05) is 22.0 Å². The van der Waals surface area contributed by atoms with Gasteiger partial charge in [0.15, 0.2) is 0 Å². The van der Waals surface area contributed by atoms with Crippen LogP contribution in [0.4, 0.5) is 4.79 Å². The summed E-state index contributed by atoms with van der Waals surface area (Å²) in [5, 5.41) is -0.251. The first-order valence-electron chi connectivity index (χ1n) is 8.57. The van der Waals surface area contributed by atoms with E-state index in [9.17, 15) is 9.59 Å². The zero-order valence-corrected chi connectivity index (χ0v) is 18.2. The smallest absolute Gasteiger partial charge is 0.293 e. The highest BCUT2D eigenvalue weighted by atomic mass is 79.9. The molecule has 1 aliphatic rings. The monoisotopic (exact) mass is 444 g/mol. The quantitative estimate of drug-likeness (QED) is 0.448. The molecular formula is C21H21BrN2O2S. The number of aromatic nitrogens is 1. The maximum absolute atomic E-state index is 12.5. The second-order valence-corrected chi connectivity index (χ2v) is 8.42. The third-order valence-corrected chi connectivity index (χ3v) is 6.78. The molecule has 2 amide bonds. The van der Waals surface area contributed by atoms with Crippen molar-refractivity contribution in [2.24, 2.45) is 0 Å². The Kier molecular flexibility index (Phi) is 5.49. The number of thioether (sulfide) groups is 1. The molecule has 0 spiro atoms. The first-order valence-corrected chi connectivity index (χ1v) is 10.2. The fourth-order valence-electron chi connectivity index (χ4n) is 3.31. The standard InChI is InChI=1S/C21H21BrN2O2S/c1-6-7-23-20(25)18(27-21(23)26)11-16-10-14(4)24(15(16)5)17-8-12(2)19(22)13(3)9-17/h6,8-11H,1,7H2,2-5H3/b18-11-. The fourth-order valence-corrected chi connectivity index (χ4v) is 4.38. The van der Waals surface area contributed by atoms with E-state index in [1.54, 1.807) is 6.08 Å². The Balaban J connectivity index is 2.04. The van der Waals surface area contributed by atoms with Gasteiger partial charge in [-0.3, -0.25) is 14.5 Å². The first-order chi connectivity index (χ1) is 12.7. The molecule has 0 unspecified atom stereocenters. The van der Waals surface area contributed by atoms with E-state index in [0.717, 1.165) is 38.9 Å². The predicted molar refractivity (Wildman–Crippen MR) is 115 cm³/mol. The summed E-state index contributed by atoms with van der Waals surface area (Å²) in [5.74, 6) is -0.259. The molecule has 0 saturated carbocycles. The van der Waals surface area contributed by atoms with E-state index in [4.69, 9.17) is 0 Å². The van der Waals surface area contributed by atoms with Crippen LogP contribution in [0.3, 0.4) is 0 Å². The van der Waals surface area contributed by atoms with Crippen LogP contribution >= 0.6 is 27.7 Å². The number of aryl methyl sites for hydroxylation is 3. The molecule has 4 nitrogen and oxygen atoms in total. The minimum atomic E-state index is -0.259. The largest absolute Gasteiger partial charge is 0.318 e. The molecule has 0 aliphatic carbocycles. The summed E-state index contributed by atoms with van der Waals surface area (Å²) >= 11 is 4.59. The van der Waals surface area contributed by atoms with Crippen LogP contribution in [0.25, 0.3) is 11.8 Å². The zero-order valence-electron chi connectivity index (χ0n) is 15.8. The van der Waals surface area contributed by atoms with Crippen LogP contribution in [0.2, 0.25) is 0 Å². The van der Waals surface area contributed by atoms with Gasteiger partial charge in [-0.2, -0.15) is 0 Å². The maximum Gasteiger partial charge on any atom is 0.293 e. The average molecular weight is 445 g/mol. The molecule has 1 aliphatic heterocycles. The van der Waals surface area contributed by atoms with Crippen LogP contribution < -0.4 is 0 Å². The normalized spacial score (nSPS) is 15.9. The van der Waals surface area contributed by atoms with Crippen molar-refractivity contribution in [2.45, 2.75) is 27.7 Å². The molecule has 0 N–H and O–H groups in total. The molecule has 6 heteroatoms. The lowest BCUT2D eigenvalue weighted by atomic mass is 10.1. The molecule has 3 rings (SSSR count). The third kappa shape index (κ3) is 3.56. The Morgan fingerprint density at radius 1 is 1.11 bits per heavy atom. The third-order valence-electron chi connectivity index (χ3n) is 4.62. The predicted octanol–water partition coefficient (Wildman–Crippen LogP) is 5.70. The van der Waals surface area contributed by atoms with E-state index in [2.05, 4.69) is 53.1 Å². The number of hydrogen-bond acceptors (Lipinski definition) is 3. The number of carbonyl (C=O) groups excluding carboxylic acids is 2. The maximum atomic E-state index is 12.5. The van der Waals surface area contributed by atoms with Crippen LogP contribution in [0, 0.1) is 27.7 Å². The van der Waals surface area contributed by atoms with Gasteiger partial charge >= 0.3 is 0 Å².